The summed E-state index contributed by atoms with van der Waals surface area (Å²) in [5.41, 5.74) is 0. The van der Waals surface area contributed by atoms with E-state index in [-0.39, 0.29) is 13.0 Å². The highest BCUT2D eigenvalue weighted by Gasteiger charge is 2.38. The van der Waals surface area contributed by atoms with Crippen molar-refractivity contribution in [3.05, 3.63) is 0 Å². The number of carbonyl (C=O) groups is 1. The zero-order chi connectivity index (χ0) is 6.91. The van der Waals surface area contributed by atoms with Crippen LogP contribution in [0.3, 0.4) is 0 Å². The third kappa shape index (κ3) is 1.45. The van der Waals surface area contributed by atoms with E-state index in [1.54, 1.807) is 0 Å². The summed E-state index contributed by atoms with van der Waals surface area (Å²) in [6, 6.07) is -0.639. The summed E-state index contributed by atoms with van der Waals surface area (Å²) >= 11 is 0. The smallest absolute Gasteiger partial charge is 0.262 e. The molecule has 0 aliphatic carbocycles. The van der Waals surface area contributed by atoms with Gasteiger partial charge in [0.2, 0.25) is 0 Å². The second kappa shape index (κ2) is 2.02. The van der Waals surface area contributed by atoms with Crippen molar-refractivity contribution in [1.29, 1.82) is 0 Å². The van der Waals surface area contributed by atoms with Gasteiger partial charge in [-0.3, -0.25) is 0 Å². The highest BCUT2D eigenvalue weighted by atomic mass is 19.3. The molecule has 1 N–H and O–H groups in total. The first kappa shape index (κ1) is 6.61. The van der Waals surface area contributed by atoms with E-state index in [0.717, 1.165) is 0 Å². The van der Waals surface area contributed by atoms with Crippen molar-refractivity contribution in [2.45, 2.75) is 18.4 Å². The van der Waals surface area contributed by atoms with Crippen LogP contribution < -0.4 is 5.32 Å². The molecule has 1 fully saturated rings. The molecule has 2 nitrogen and oxygen atoms in total. The van der Waals surface area contributed by atoms with Crippen LogP contribution >= 0.6 is 0 Å². The van der Waals surface area contributed by atoms with Gasteiger partial charge in [-0.1, -0.05) is 0 Å². The van der Waals surface area contributed by atoms with Gasteiger partial charge < -0.3 is 10.1 Å². The van der Waals surface area contributed by atoms with Gasteiger partial charge in [-0.15, -0.1) is 0 Å². The predicted molar refractivity (Wildman–Crippen MR) is 27.4 cm³/mol. The molecule has 52 valence electrons. The van der Waals surface area contributed by atoms with Crippen molar-refractivity contribution < 1.29 is 13.6 Å². The van der Waals surface area contributed by atoms with Gasteiger partial charge >= 0.3 is 0 Å². The summed E-state index contributed by atoms with van der Waals surface area (Å²) in [4.78, 5) is 9.90. The molecule has 0 aromatic heterocycles. The molecule has 1 aliphatic rings. The van der Waals surface area contributed by atoms with Crippen LogP contribution in [0.2, 0.25) is 0 Å². The van der Waals surface area contributed by atoms with Crippen molar-refractivity contribution in [3.63, 3.8) is 0 Å². The summed E-state index contributed by atoms with van der Waals surface area (Å²) in [5.74, 6) is -2.68. The summed E-state index contributed by atoms with van der Waals surface area (Å²) in [6.45, 7) is -0.365. The van der Waals surface area contributed by atoms with Crippen LogP contribution in [0.15, 0.2) is 0 Å². The molecule has 1 unspecified atom stereocenters. The summed E-state index contributed by atoms with van der Waals surface area (Å²) in [7, 11) is 0. The molecular formula is C5H7F2NO. The van der Waals surface area contributed by atoms with Crippen LogP contribution in [0.1, 0.15) is 6.42 Å². The molecule has 0 aromatic carbocycles. The highest BCUT2D eigenvalue weighted by Crippen LogP contribution is 2.23. The third-order valence-electron chi connectivity index (χ3n) is 1.31. The van der Waals surface area contributed by atoms with E-state index in [2.05, 4.69) is 5.32 Å². The molecule has 0 aromatic rings. The van der Waals surface area contributed by atoms with E-state index in [1.165, 1.54) is 0 Å². The Labute approximate surface area is 51.2 Å². The van der Waals surface area contributed by atoms with Gasteiger partial charge in [0.15, 0.2) is 0 Å². The van der Waals surface area contributed by atoms with E-state index >= 15 is 0 Å². The molecule has 4 heteroatoms. The average Bonchev–Trinajstić information content (AvgIpc) is 2.10. The Kier molecular flexibility index (Phi) is 1.48. The Balaban J connectivity index is 2.47. The second-order valence-corrected chi connectivity index (χ2v) is 2.18. The molecule has 0 amide bonds. The molecular weight excluding hydrogens is 128 g/mol. The lowest BCUT2D eigenvalue weighted by molar-refractivity contribution is -0.109. The number of carbonyl (C=O) groups excluding carboxylic acids is 1. The Hall–Kier alpha value is -0.510. The van der Waals surface area contributed by atoms with Gasteiger partial charge in [-0.2, -0.15) is 0 Å². The maximum atomic E-state index is 12.2. The molecule has 0 radical (unpaired) electrons. The van der Waals surface area contributed by atoms with E-state index in [9.17, 15) is 13.6 Å². The molecule has 1 heterocycles. The van der Waals surface area contributed by atoms with Crippen molar-refractivity contribution in [1.82, 2.24) is 5.32 Å². The molecule has 0 spiro atoms. The normalized spacial score (nSPS) is 32.4. The summed E-state index contributed by atoms with van der Waals surface area (Å²) < 4.78 is 24.3. The molecule has 1 atom stereocenters. The second-order valence-electron chi connectivity index (χ2n) is 2.18. The van der Waals surface area contributed by atoms with Gasteiger partial charge in [0.05, 0.1) is 12.6 Å². The fourth-order valence-electron chi connectivity index (χ4n) is 0.843. The Bertz CT molecular complexity index is 126. The minimum Gasteiger partial charge on any atom is -0.302 e. The fraction of sp³-hybridized carbons (Fsp3) is 0.800. The van der Waals surface area contributed by atoms with Gasteiger partial charge in [0.25, 0.3) is 5.92 Å². The van der Waals surface area contributed by atoms with Crippen LogP contribution in [-0.4, -0.2) is 24.8 Å². The third-order valence-corrected chi connectivity index (χ3v) is 1.31. The van der Waals surface area contributed by atoms with Gasteiger partial charge in [-0.25, -0.2) is 8.78 Å². The SMILES string of the molecule is O=CC1CC(F)(F)CN1. The quantitative estimate of drug-likeness (QED) is 0.520. The Morgan fingerprint density at radius 2 is 2.33 bits per heavy atom. The van der Waals surface area contributed by atoms with Crippen LogP contribution in [0.4, 0.5) is 8.78 Å². The summed E-state index contributed by atoms with van der Waals surface area (Å²) in [5, 5.41) is 2.38. The standard InChI is InChI=1S/C5H7F2NO/c6-5(7)1-4(2-9)8-3-5/h2,4,8H,1,3H2. The zero-order valence-electron chi connectivity index (χ0n) is 4.73. The predicted octanol–water partition coefficient (Wildman–Crippen LogP) is 0.182. The fourth-order valence-corrected chi connectivity index (χ4v) is 0.843. The molecule has 1 saturated heterocycles. The van der Waals surface area contributed by atoms with Crippen molar-refractivity contribution in [3.8, 4) is 0 Å². The van der Waals surface area contributed by atoms with Gasteiger partial charge in [-0.05, 0) is 0 Å². The minimum absolute atomic E-state index is 0.351. The lowest BCUT2D eigenvalue weighted by atomic mass is 10.2. The minimum atomic E-state index is -2.68. The number of hydrogen-bond acceptors (Lipinski definition) is 2. The molecule has 1 rings (SSSR count). The lowest BCUT2D eigenvalue weighted by Crippen LogP contribution is -2.23. The van der Waals surface area contributed by atoms with Crippen molar-refractivity contribution in [2.75, 3.05) is 6.54 Å². The zero-order valence-corrected chi connectivity index (χ0v) is 4.73. The number of nitrogens with one attached hydrogen (secondary N) is 1. The number of hydrogen-bond donors (Lipinski definition) is 1. The Morgan fingerprint density at radius 3 is 2.56 bits per heavy atom. The van der Waals surface area contributed by atoms with E-state index in [4.69, 9.17) is 0 Å². The highest BCUT2D eigenvalue weighted by molar-refractivity contribution is 5.58. The lowest BCUT2D eigenvalue weighted by Gasteiger charge is -2.02. The average molecular weight is 135 g/mol. The van der Waals surface area contributed by atoms with Crippen LogP contribution in [0.25, 0.3) is 0 Å². The monoisotopic (exact) mass is 135 g/mol. The van der Waals surface area contributed by atoms with Gasteiger partial charge in [0, 0.05) is 6.42 Å². The first-order valence-electron chi connectivity index (χ1n) is 2.70. The van der Waals surface area contributed by atoms with Crippen LogP contribution in [-0.2, 0) is 4.79 Å². The molecule has 0 bridgehead atoms. The van der Waals surface area contributed by atoms with Crippen molar-refractivity contribution in [2.24, 2.45) is 0 Å². The van der Waals surface area contributed by atoms with E-state index in [1.807, 2.05) is 0 Å². The maximum Gasteiger partial charge on any atom is 0.262 e. The van der Waals surface area contributed by atoms with Crippen molar-refractivity contribution >= 4 is 6.29 Å². The number of halogens is 2. The maximum absolute atomic E-state index is 12.2. The van der Waals surface area contributed by atoms with Gasteiger partial charge in [0.1, 0.15) is 6.29 Å². The number of aldehydes is 1. The largest absolute Gasteiger partial charge is 0.302 e. The summed E-state index contributed by atoms with van der Waals surface area (Å²) in [6.07, 6.45) is 0.164. The Morgan fingerprint density at radius 1 is 1.67 bits per heavy atom. The number of alkyl halides is 2. The topological polar surface area (TPSA) is 29.1 Å². The van der Waals surface area contributed by atoms with E-state index < -0.39 is 12.0 Å². The van der Waals surface area contributed by atoms with E-state index in [0.29, 0.717) is 6.29 Å². The van der Waals surface area contributed by atoms with Crippen LogP contribution in [0, 0.1) is 0 Å². The molecule has 0 saturated carbocycles. The first-order chi connectivity index (χ1) is 4.14. The molecule has 9 heavy (non-hydrogen) atoms. The molecule has 1 aliphatic heterocycles. The first-order valence-corrected chi connectivity index (χ1v) is 2.70. The number of rotatable bonds is 1. The van der Waals surface area contributed by atoms with Crippen LogP contribution in [0.5, 0.6) is 0 Å².